The standard InChI is InChI=1S/C15H11ClN2O/c16-11-7-5-10(6-8-11)15-13(9-17-19)12-3-1-2-4-14(12)18-15/h1-9,18-19H. The summed E-state index contributed by atoms with van der Waals surface area (Å²) in [6, 6.07) is 15.4. The van der Waals surface area contributed by atoms with Gasteiger partial charge in [-0.25, -0.2) is 0 Å². The maximum atomic E-state index is 8.85. The molecule has 0 aliphatic rings. The van der Waals surface area contributed by atoms with Crippen LogP contribution in [-0.4, -0.2) is 16.4 Å². The molecule has 3 aromatic rings. The molecule has 0 saturated heterocycles. The minimum atomic E-state index is 0.692. The van der Waals surface area contributed by atoms with Gasteiger partial charge in [-0.3, -0.25) is 0 Å². The maximum absolute atomic E-state index is 8.85. The SMILES string of the molecule is ON=Cc1c(-c2ccc(Cl)cc2)[nH]c2ccccc12. The molecule has 0 atom stereocenters. The number of rotatable bonds is 2. The van der Waals surface area contributed by atoms with Crippen LogP contribution in [-0.2, 0) is 0 Å². The van der Waals surface area contributed by atoms with Crippen molar-refractivity contribution in [3.05, 3.63) is 59.1 Å². The average Bonchev–Trinajstić information content (AvgIpc) is 2.79. The van der Waals surface area contributed by atoms with Crippen LogP contribution in [0.2, 0.25) is 5.02 Å². The monoisotopic (exact) mass is 270 g/mol. The number of H-pyrrole nitrogens is 1. The van der Waals surface area contributed by atoms with Gasteiger partial charge in [0.1, 0.15) is 0 Å². The second-order valence-corrected chi connectivity index (χ2v) is 4.65. The third kappa shape index (κ3) is 2.09. The van der Waals surface area contributed by atoms with Crippen molar-refractivity contribution in [1.82, 2.24) is 4.98 Å². The predicted octanol–water partition coefficient (Wildman–Crippen LogP) is 4.30. The minimum absolute atomic E-state index is 0.692. The molecule has 0 saturated carbocycles. The Hall–Kier alpha value is -2.26. The van der Waals surface area contributed by atoms with Crippen LogP contribution in [0.25, 0.3) is 22.2 Å². The van der Waals surface area contributed by atoms with Gasteiger partial charge in [0, 0.05) is 21.5 Å². The largest absolute Gasteiger partial charge is 0.411 e. The van der Waals surface area contributed by atoms with E-state index in [0.29, 0.717) is 5.02 Å². The molecule has 94 valence electrons. The van der Waals surface area contributed by atoms with Crippen molar-refractivity contribution in [2.75, 3.05) is 0 Å². The number of oxime groups is 1. The zero-order chi connectivity index (χ0) is 13.2. The van der Waals surface area contributed by atoms with Gasteiger partial charge >= 0.3 is 0 Å². The molecule has 2 aromatic carbocycles. The van der Waals surface area contributed by atoms with Crippen molar-refractivity contribution in [3.63, 3.8) is 0 Å². The van der Waals surface area contributed by atoms with Gasteiger partial charge in [-0.05, 0) is 23.8 Å². The highest BCUT2D eigenvalue weighted by Crippen LogP contribution is 2.29. The van der Waals surface area contributed by atoms with Crippen LogP contribution < -0.4 is 0 Å². The number of aromatic nitrogens is 1. The smallest absolute Gasteiger partial charge is 0.0761 e. The lowest BCUT2D eigenvalue weighted by Gasteiger charge is -2.00. The molecule has 0 spiro atoms. The van der Waals surface area contributed by atoms with Gasteiger partial charge in [0.05, 0.1) is 11.9 Å². The molecule has 19 heavy (non-hydrogen) atoms. The van der Waals surface area contributed by atoms with Gasteiger partial charge < -0.3 is 10.2 Å². The van der Waals surface area contributed by atoms with Crippen molar-refractivity contribution in [1.29, 1.82) is 0 Å². The van der Waals surface area contributed by atoms with Crippen LogP contribution >= 0.6 is 11.6 Å². The van der Waals surface area contributed by atoms with Crippen LogP contribution in [0.3, 0.4) is 0 Å². The Morgan fingerprint density at radius 2 is 1.79 bits per heavy atom. The Morgan fingerprint density at radius 1 is 1.05 bits per heavy atom. The van der Waals surface area contributed by atoms with E-state index in [-0.39, 0.29) is 0 Å². The first-order chi connectivity index (χ1) is 9.29. The summed E-state index contributed by atoms with van der Waals surface area (Å²) in [4.78, 5) is 3.34. The number of para-hydroxylation sites is 1. The number of halogens is 1. The second-order valence-electron chi connectivity index (χ2n) is 4.21. The average molecular weight is 271 g/mol. The summed E-state index contributed by atoms with van der Waals surface area (Å²) >= 11 is 5.90. The summed E-state index contributed by atoms with van der Waals surface area (Å²) < 4.78 is 0. The summed E-state index contributed by atoms with van der Waals surface area (Å²) in [5, 5.41) is 13.7. The normalized spacial score (nSPS) is 11.4. The Labute approximate surface area is 115 Å². The van der Waals surface area contributed by atoms with E-state index in [9.17, 15) is 0 Å². The van der Waals surface area contributed by atoms with Gasteiger partial charge in [0.2, 0.25) is 0 Å². The van der Waals surface area contributed by atoms with E-state index in [0.717, 1.165) is 27.7 Å². The third-order valence-electron chi connectivity index (χ3n) is 3.07. The number of nitrogens with zero attached hydrogens (tertiary/aromatic N) is 1. The van der Waals surface area contributed by atoms with Gasteiger partial charge in [0.25, 0.3) is 0 Å². The maximum Gasteiger partial charge on any atom is 0.0761 e. The minimum Gasteiger partial charge on any atom is -0.411 e. The number of aromatic amines is 1. The molecule has 2 N–H and O–H groups in total. The molecule has 0 aliphatic carbocycles. The highest BCUT2D eigenvalue weighted by Gasteiger charge is 2.11. The van der Waals surface area contributed by atoms with E-state index in [1.54, 1.807) is 0 Å². The van der Waals surface area contributed by atoms with Gasteiger partial charge in [0.15, 0.2) is 0 Å². The third-order valence-corrected chi connectivity index (χ3v) is 3.32. The van der Waals surface area contributed by atoms with Crippen LogP contribution in [0.4, 0.5) is 0 Å². The Balaban J connectivity index is 2.27. The first-order valence-corrected chi connectivity index (χ1v) is 6.21. The highest BCUT2D eigenvalue weighted by molar-refractivity contribution is 6.30. The van der Waals surface area contributed by atoms with Crippen molar-refractivity contribution in [2.45, 2.75) is 0 Å². The van der Waals surface area contributed by atoms with Crippen molar-refractivity contribution in [2.24, 2.45) is 5.16 Å². The lowest BCUT2D eigenvalue weighted by molar-refractivity contribution is 0.322. The molecule has 3 rings (SSSR count). The number of hydrogen-bond donors (Lipinski definition) is 2. The quantitative estimate of drug-likeness (QED) is 0.407. The molecule has 3 nitrogen and oxygen atoms in total. The first-order valence-electron chi connectivity index (χ1n) is 5.83. The van der Waals surface area contributed by atoms with E-state index < -0.39 is 0 Å². The molecule has 0 amide bonds. The summed E-state index contributed by atoms with van der Waals surface area (Å²) in [5.74, 6) is 0. The predicted molar refractivity (Wildman–Crippen MR) is 78.1 cm³/mol. The van der Waals surface area contributed by atoms with Gasteiger partial charge in [-0.2, -0.15) is 0 Å². The van der Waals surface area contributed by atoms with E-state index in [4.69, 9.17) is 16.8 Å². The number of fused-ring (bicyclic) bond motifs is 1. The molecule has 0 bridgehead atoms. The molecule has 0 radical (unpaired) electrons. The topological polar surface area (TPSA) is 48.4 Å². The van der Waals surface area contributed by atoms with Gasteiger partial charge in [-0.1, -0.05) is 47.1 Å². The van der Waals surface area contributed by atoms with Crippen molar-refractivity contribution >= 4 is 28.7 Å². The molecule has 0 unspecified atom stereocenters. The number of nitrogens with one attached hydrogen (secondary N) is 1. The fourth-order valence-corrected chi connectivity index (χ4v) is 2.33. The number of hydrogen-bond acceptors (Lipinski definition) is 2. The fourth-order valence-electron chi connectivity index (χ4n) is 2.20. The van der Waals surface area contributed by atoms with E-state index >= 15 is 0 Å². The van der Waals surface area contributed by atoms with E-state index in [2.05, 4.69) is 10.1 Å². The number of benzene rings is 2. The lowest BCUT2D eigenvalue weighted by Crippen LogP contribution is -1.85. The van der Waals surface area contributed by atoms with E-state index in [1.807, 2.05) is 48.5 Å². The first kappa shape index (κ1) is 11.8. The second kappa shape index (κ2) is 4.78. The summed E-state index contributed by atoms with van der Waals surface area (Å²) in [6.07, 6.45) is 1.45. The summed E-state index contributed by atoms with van der Waals surface area (Å²) in [7, 11) is 0. The van der Waals surface area contributed by atoms with Crippen molar-refractivity contribution < 1.29 is 5.21 Å². The van der Waals surface area contributed by atoms with Crippen molar-refractivity contribution in [3.8, 4) is 11.3 Å². The highest BCUT2D eigenvalue weighted by atomic mass is 35.5. The molecule has 1 aromatic heterocycles. The zero-order valence-electron chi connectivity index (χ0n) is 9.97. The van der Waals surface area contributed by atoms with E-state index in [1.165, 1.54) is 6.21 Å². The van der Waals surface area contributed by atoms with Gasteiger partial charge in [-0.15, -0.1) is 0 Å². The zero-order valence-corrected chi connectivity index (χ0v) is 10.7. The molecular formula is C15H11ClN2O. The van der Waals surface area contributed by atoms with Crippen LogP contribution in [0.5, 0.6) is 0 Å². The summed E-state index contributed by atoms with van der Waals surface area (Å²) in [6.45, 7) is 0. The molecule has 1 heterocycles. The lowest BCUT2D eigenvalue weighted by atomic mass is 10.1. The molecule has 4 heteroatoms. The Bertz CT molecular complexity index is 744. The molecule has 0 aliphatic heterocycles. The van der Waals surface area contributed by atoms with Crippen LogP contribution in [0.1, 0.15) is 5.56 Å². The van der Waals surface area contributed by atoms with Crippen LogP contribution in [0.15, 0.2) is 53.7 Å². The Kier molecular flexibility index (Phi) is 2.97. The summed E-state index contributed by atoms with van der Waals surface area (Å²) in [5.41, 5.74) is 3.77. The van der Waals surface area contributed by atoms with Crippen LogP contribution in [0, 0.1) is 0 Å². The Morgan fingerprint density at radius 3 is 2.53 bits per heavy atom. The fraction of sp³-hybridized carbons (Fsp3) is 0. The molecular weight excluding hydrogens is 260 g/mol. The molecule has 0 fully saturated rings.